The largest absolute Gasteiger partial charge is 4.00 e. The summed E-state index contributed by atoms with van der Waals surface area (Å²) in [6, 6.07) is 0. The van der Waals surface area contributed by atoms with Crippen molar-refractivity contribution >= 4 is 0 Å². The van der Waals surface area contributed by atoms with Crippen LogP contribution >= 0.6 is 0 Å². The maximum atomic E-state index is 3.36. The molecule has 0 radical (unpaired) electrons. The van der Waals surface area contributed by atoms with E-state index in [1.165, 1.54) is 16.7 Å². The fraction of sp³-hybridized carbons (Fsp3) is 0.556. The van der Waals surface area contributed by atoms with Gasteiger partial charge in [0.1, 0.15) is 0 Å². The molecule has 0 aromatic rings. The molecule has 0 spiro atoms. The van der Waals surface area contributed by atoms with Crippen LogP contribution in [0.15, 0.2) is 16.7 Å². The number of hydrogen-bond donors (Lipinski definition) is 0. The first-order valence-electron chi connectivity index (χ1n) is 3.40. The van der Waals surface area contributed by atoms with Crippen molar-refractivity contribution in [3.63, 3.8) is 0 Å². The zero-order valence-electron chi connectivity index (χ0n) is 7.83. The van der Waals surface area contributed by atoms with Gasteiger partial charge in [0, 0.05) is 0 Å². The van der Waals surface area contributed by atoms with Crippen molar-refractivity contribution in [1.82, 2.24) is 0 Å². The standard InChI is InChI=1S/C9H13.2ClH.Hf/c1-6-5-7(2)9(4)8(6)3;;;/h6H,1-4H3;2*1H;/q-1;;;+4/p-2. The molecule has 0 amide bonds. The molecule has 1 atom stereocenters. The molecule has 1 rings (SSSR count). The average molecular weight is 371 g/mol. The summed E-state index contributed by atoms with van der Waals surface area (Å²) in [6.45, 7) is 8.67. The van der Waals surface area contributed by atoms with Crippen LogP contribution in [0, 0.1) is 12.0 Å². The molecule has 0 fully saturated rings. The fourth-order valence-corrected chi connectivity index (χ4v) is 1.16. The van der Waals surface area contributed by atoms with Crippen LogP contribution in [0.25, 0.3) is 0 Å². The SMILES string of the molecule is CC1=[C-]C(C)C(C)=C1C.[Cl-].[Cl-].[Hf+4]. The Kier molecular flexibility index (Phi) is 11.4. The third-order valence-electron chi connectivity index (χ3n) is 2.24. The predicted molar refractivity (Wildman–Crippen MR) is 40.0 cm³/mol. The van der Waals surface area contributed by atoms with Crippen molar-refractivity contribution in [3.05, 3.63) is 22.8 Å². The molecule has 1 aliphatic rings. The fourth-order valence-electron chi connectivity index (χ4n) is 1.16. The minimum absolute atomic E-state index is 0. The summed E-state index contributed by atoms with van der Waals surface area (Å²) < 4.78 is 0. The van der Waals surface area contributed by atoms with Gasteiger partial charge in [0.15, 0.2) is 0 Å². The summed E-state index contributed by atoms with van der Waals surface area (Å²) in [6.07, 6.45) is 3.36. The van der Waals surface area contributed by atoms with Gasteiger partial charge in [-0.05, 0) is 0 Å². The van der Waals surface area contributed by atoms with Gasteiger partial charge in [0.2, 0.25) is 0 Å². The Bertz CT molecular complexity index is 195. The molecule has 0 aromatic carbocycles. The van der Waals surface area contributed by atoms with Gasteiger partial charge in [0.25, 0.3) is 0 Å². The maximum absolute atomic E-state index is 3.36. The Morgan fingerprint density at radius 3 is 1.58 bits per heavy atom. The maximum Gasteiger partial charge on any atom is 4.00 e. The summed E-state index contributed by atoms with van der Waals surface area (Å²) in [5.41, 5.74) is 4.25. The van der Waals surface area contributed by atoms with E-state index in [0.717, 1.165) is 0 Å². The van der Waals surface area contributed by atoms with Gasteiger partial charge in [-0.3, -0.25) is 6.08 Å². The molecule has 0 saturated carbocycles. The zero-order chi connectivity index (χ0) is 7.02. The van der Waals surface area contributed by atoms with Crippen LogP contribution < -0.4 is 24.8 Å². The van der Waals surface area contributed by atoms with Crippen molar-refractivity contribution in [1.29, 1.82) is 0 Å². The van der Waals surface area contributed by atoms with E-state index in [0.29, 0.717) is 5.92 Å². The molecule has 1 unspecified atom stereocenters. The van der Waals surface area contributed by atoms with Crippen LogP contribution in [0.5, 0.6) is 0 Å². The van der Waals surface area contributed by atoms with Gasteiger partial charge >= 0.3 is 25.8 Å². The second kappa shape index (κ2) is 7.34. The van der Waals surface area contributed by atoms with Gasteiger partial charge in [-0.15, -0.1) is 6.92 Å². The molecule has 0 saturated heterocycles. The summed E-state index contributed by atoms with van der Waals surface area (Å²) in [4.78, 5) is 0. The van der Waals surface area contributed by atoms with E-state index in [1.807, 2.05) is 0 Å². The predicted octanol–water partition coefficient (Wildman–Crippen LogP) is -3.27. The third kappa shape index (κ3) is 3.76. The summed E-state index contributed by atoms with van der Waals surface area (Å²) >= 11 is 0. The molecule has 1 aliphatic carbocycles. The summed E-state index contributed by atoms with van der Waals surface area (Å²) in [5, 5.41) is 0. The second-order valence-electron chi connectivity index (χ2n) is 2.80. The van der Waals surface area contributed by atoms with E-state index in [9.17, 15) is 0 Å². The van der Waals surface area contributed by atoms with Gasteiger partial charge in [-0.2, -0.15) is 11.1 Å². The topological polar surface area (TPSA) is 0 Å². The van der Waals surface area contributed by atoms with E-state index in [4.69, 9.17) is 0 Å². The molecule has 66 valence electrons. The molecule has 3 heteroatoms. The molecule has 0 aliphatic heterocycles. The van der Waals surface area contributed by atoms with Crippen LogP contribution in [-0.4, -0.2) is 0 Å². The minimum Gasteiger partial charge on any atom is -1.00 e. The Labute approximate surface area is 106 Å². The molecular formula is C9H13Cl2Hf+. The number of allylic oxidation sites excluding steroid dienone is 4. The van der Waals surface area contributed by atoms with Crippen LogP contribution in [0.3, 0.4) is 0 Å². The van der Waals surface area contributed by atoms with Crippen molar-refractivity contribution < 1.29 is 50.7 Å². The minimum atomic E-state index is 0. The summed E-state index contributed by atoms with van der Waals surface area (Å²) in [5.74, 6) is 0.560. The van der Waals surface area contributed by atoms with Crippen LogP contribution in [0.1, 0.15) is 27.7 Å². The van der Waals surface area contributed by atoms with E-state index in [1.54, 1.807) is 0 Å². The van der Waals surface area contributed by atoms with Crippen molar-refractivity contribution in [3.8, 4) is 0 Å². The van der Waals surface area contributed by atoms with Crippen molar-refractivity contribution in [2.24, 2.45) is 5.92 Å². The Balaban J connectivity index is -0.000000270. The number of halogens is 2. The van der Waals surface area contributed by atoms with Crippen LogP contribution in [0.2, 0.25) is 0 Å². The van der Waals surface area contributed by atoms with Gasteiger partial charge in [-0.1, -0.05) is 26.7 Å². The molecule has 0 heterocycles. The summed E-state index contributed by atoms with van der Waals surface area (Å²) in [7, 11) is 0. The van der Waals surface area contributed by atoms with Gasteiger partial charge in [-0.25, -0.2) is 5.57 Å². The van der Waals surface area contributed by atoms with Gasteiger partial charge < -0.3 is 24.8 Å². The molecule has 0 N–H and O–H groups in total. The zero-order valence-corrected chi connectivity index (χ0v) is 12.9. The van der Waals surface area contributed by atoms with Crippen molar-refractivity contribution in [2.45, 2.75) is 27.7 Å². The third-order valence-corrected chi connectivity index (χ3v) is 2.24. The number of hydrogen-bond acceptors (Lipinski definition) is 0. The van der Waals surface area contributed by atoms with E-state index >= 15 is 0 Å². The molecular weight excluding hydrogens is 357 g/mol. The quantitative estimate of drug-likeness (QED) is 0.310. The average Bonchev–Trinajstić information content (AvgIpc) is 1.98. The monoisotopic (exact) mass is 371 g/mol. The molecule has 0 nitrogen and oxygen atoms in total. The van der Waals surface area contributed by atoms with Crippen LogP contribution in [0.4, 0.5) is 0 Å². The second-order valence-corrected chi connectivity index (χ2v) is 2.80. The van der Waals surface area contributed by atoms with Gasteiger partial charge in [0.05, 0.1) is 0 Å². The first-order chi connectivity index (χ1) is 4.13. The number of rotatable bonds is 0. The van der Waals surface area contributed by atoms with Crippen LogP contribution in [-0.2, 0) is 25.8 Å². The Morgan fingerprint density at radius 2 is 1.50 bits per heavy atom. The van der Waals surface area contributed by atoms with Crippen molar-refractivity contribution in [2.75, 3.05) is 0 Å². The molecule has 0 bridgehead atoms. The first-order valence-corrected chi connectivity index (χ1v) is 3.40. The molecule has 0 aromatic heterocycles. The van der Waals surface area contributed by atoms with E-state index < -0.39 is 0 Å². The van der Waals surface area contributed by atoms with E-state index in [2.05, 4.69) is 33.8 Å². The van der Waals surface area contributed by atoms with E-state index in [-0.39, 0.29) is 50.7 Å². The molecule has 12 heavy (non-hydrogen) atoms. The smallest absolute Gasteiger partial charge is 1.00 e. The normalized spacial score (nSPS) is 20.3. The first kappa shape index (κ1) is 18.7. The Morgan fingerprint density at radius 1 is 1.08 bits per heavy atom. The Hall–Kier alpha value is 0.930.